The molecular weight excluding hydrogens is 352 g/mol. The second-order valence-corrected chi connectivity index (χ2v) is 6.56. The van der Waals surface area contributed by atoms with Gasteiger partial charge < -0.3 is 26.8 Å². The minimum absolute atomic E-state index is 0.247. The zero-order valence-electron chi connectivity index (χ0n) is 14.8. The van der Waals surface area contributed by atoms with Crippen LogP contribution in [0.1, 0.15) is 24.8 Å². The number of nitrogens with one attached hydrogen (secondary N) is 1. The molecule has 9 heteroatoms. The van der Waals surface area contributed by atoms with Crippen molar-refractivity contribution in [3.63, 3.8) is 0 Å². The van der Waals surface area contributed by atoms with Crippen LogP contribution in [0, 0.1) is 0 Å². The molecular formula is C18H24N4O5. The Hall–Kier alpha value is -2.94. The second kappa shape index (κ2) is 9.13. The average Bonchev–Trinajstić information content (AvgIpc) is 3.11. The molecule has 2 rings (SSSR count). The summed E-state index contributed by atoms with van der Waals surface area (Å²) in [5, 5.41) is 11.7. The van der Waals surface area contributed by atoms with Gasteiger partial charge in [0.1, 0.15) is 12.1 Å². The Morgan fingerprint density at radius 1 is 1.22 bits per heavy atom. The van der Waals surface area contributed by atoms with Gasteiger partial charge in [-0.3, -0.25) is 14.4 Å². The standard InChI is InChI=1S/C18H24N4O5/c19-12(9-11-5-2-1-3-6-11)16(24)21-13(10-15(20)23)17(25)22-8-4-7-14(22)18(26)27/h1-3,5-6,12-14H,4,7-10,19H2,(H2,20,23)(H,21,24)(H,26,27)/t12-,13-,14+/m0/s1. The van der Waals surface area contributed by atoms with E-state index >= 15 is 0 Å². The van der Waals surface area contributed by atoms with Gasteiger partial charge in [-0.1, -0.05) is 30.3 Å². The Bertz CT molecular complexity index is 709. The van der Waals surface area contributed by atoms with Crippen molar-refractivity contribution < 1.29 is 24.3 Å². The van der Waals surface area contributed by atoms with E-state index in [1.807, 2.05) is 30.3 Å². The number of primary amides is 1. The van der Waals surface area contributed by atoms with Crippen LogP contribution in [0.3, 0.4) is 0 Å². The van der Waals surface area contributed by atoms with Crippen LogP contribution in [-0.4, -0.2) is 58.4 Å². The van der Waals surface area contributed by atoms with Crippen molar-refractivity contribution >= 4 is 23.7 Å². The van der Waals surface area contributed by atoms with Gasteiger partial charge in [0.15, 0.2) is 0 Å². The lowest BCUT2D eigenvalue weighted by atomic mass is 10.0. The summed E-state index contributed by atoms with van der Waals surface area (Å²) in [6.45, 7) is 0.247. The first-order valence-corrected chi connectivity index (χ1v) is 8.71. The number of rotatable bonds is 8. The molecule has 146 valence electrons. The molecule has 0 radical (unpaired) electrons. The van der Waals surface area contributed by atoms with Crippen LogP contribution in [0.2, 0.25) is 0 Å². The number of carboxylic acids is 1. The van der Waals surface area contributed by atoms with Crippen molar-refractivity contribution in [2.24, 2.45) is 11.5 Å². The molecule has 1 fully saturated rings. The molecule has 1 aliphatic heterocycles. The van der Waals surface area contributed by atoms with E-state index in [0.29, 0.717) is 12.8 Å². The number of likely N-dealkylation sites (tertiary alicyclic amines) is 1. The summed E-state index contributed by atoms with van der Waals surface area (Å²) in [5.41, 5.74) is 12.0. The largest absolute Gasteiger partial charge is 0.480 e. The maximum atomic E-state index is 12.7. The van der Waals surface area contributed by atoms with E-state index in [4.69, 9.17) is 11.5 Å². The van der Waals surface area contributed by atoms with E-state index in [0.717, 1.165) is 5.56 Å². The summed E-state index contributed by atoms with van der Waals surface area (Å²) in [6.07, 6.45) is 0.691. The predicted molar refractivity (Wildman–Crippen MR) is 96.2 cm³/mol. The van der Waals surface area contributed by atoms with Gasteiger partial charge in [-0.25, -0.2) is 4.79 Å². The van der Waals surface area contributed by atoms with Crippen LogP contribution in [0.5, 0.6) is 0 Å². The maximum absolute atomic E-state index is 12.7. The number of carbonyl (C=O) groups excluding carboxylic acids is 3. The van der Waals surface area contributed by atoms with Gasteiger partial charge in [-0.05, 0) is 24.8 Å². The highest BCUT2D eigenvalue weighted by Gasteiger charge is 2.38. The van der Waals surface area contributed by atoms with Crippen LogP contribution in [0.15, 0.2) is 30.3 Å². The molecule has 3 amide bonds. The SMILES string of the molecule is NC(=O)C[C@H](NC(=O)[C@@H](N)Cc1ccccc1)C(=O)N1CCC[C@@H]1C(=O)O. The molecule has 0 aromatic heterocycles. The van der Waals surface area contributed by atoms with E-state index < -0.39 is 48.2 Å². The fourth-order valence-electron chi connectivity index (χ4n) is 3.13. The Labute approximate surface area is 156 Å². The molecule has 6 N–H and O–H groups in total. The van der Waals surface area contributed by atoms with Crippen LogP contribution in [0.25, 0.3) is 0 Å². The molecule has 1 aromatic rings. The molecule has 27 heavy (non-hydrogen) atoms. The number of hydrogen-bond donors (Lipinski definition) is 4. The molecule has 0 aliphatic carbocycles. The number of carboxylic acid groups (broad SMARTS) is 1. The van der Waals surface area contributed by atoms with Crippen molar-refractivity contribution in [3.8, 4) is 0 Å². The van der Waals surface area contributed by atoms with Crippen molar-refractivity contribution in [1.82, 2.24) is 10.2 Å². The summed E-state index contributed by atoms with van der Waals surface area (Å²) in [5.74, 6) is -3.15. The predicted octanol–water partition coefficient (Wildman–Crippen LogP) is -1.01. The molecule has 0 saturated carbocycles. The molecule has 1 aromatic carbocycles. The van der Waals surface area contributed by atoms with Gasteiger partial charge in [-0.15, -0.1) is 0 Å². The Kier molecular flexibility index (Phi) is 6.89. The Balaban J connectivity index is 2.06. The summed E-state index contributed by atoms with van der Waals surface area (Å²) >= 11 is 0. The Morgan fingerprint density at radius 3 is 2.48 bits per heavy atom. The van der Waals surface area contributed by atoms with Crippen molar-refractivity contribution in [2.75, 3.05) is 6.54 Å². The van der Waals surface area contributed by atoms with Crippen LogP contribution in [0.4, 0.5) is 0 Å². The lowest BCUT2D eigenvalue weighted by Crippen LogP contribution is -2.55. The number of nitrogens with zero attached hydrogens (tertiary/aromatic N) is 1. The number of benzene rings is 1. The van der Waals surface area contributed by atoms with Crippen molar-refractivity contribution in [3.05, 3.63) is 35.9 Å². The fraction of sp³-hybridized carbons (Fsp3) is 0.444. The van der Waals surface area contributed by atoms with E-state index in [9.17, 15) is 24.3 Å². The molecule has 1 heterocycles. The average molecular weight is 376 g/mol. The van der Waals surface area contributed by atoms with Gasteiger partial charge in [0, 0.05) is 6.54 Å². The van der Waals surface area contributed by atoms with E-state index in [-0.39, 0.29) is 13.0 Å². The van der Waals surface area contributed by atoms with Crippen molar-refractivity contribution in [1.29, 1.82) is 0 Å². The van der Waals surface area contributed by atoms with Crippen LogP contribution >= 0.6 is 0 Å². The van der Waals surface area contributed by atoms with Gasteiger partial charge in [-0.2, -0.15) is 0 Å². The molecule has 9 nitrogen and oxygen atoms in total. The minimum Gasteiger partial charge on any atom is -0.480 e. The zero-order chi connectivity index (χ0) is 20.0. The smallest absolute Gasteiger partial charge is 0.326 e. The highest BCUT2D eigenvalue weighted by Crippen LogP contribution is 2.19. The third kappa shape index (κ3) is 5.52. The zero-order valence-corrected chi connectivity index (χ0v) is 14.8. The highest BCUT2D eigenvalue weighted by molar-refractivity contribution is 5.94. The highest BCUT2D eigenvalue weighted by atomic mass is 16.4. The molecule has 0 spiro atoms. The van der Waals surface area contributed by atoms with E-state index in [2.05, 4.69) is 5.32 Å². The number of amides is 3. The summed E-state index contributed by atoms with van der Waals surface area (Å²) < 4.78 is 0. The first kappa shape index (κ1) is 20.4. The summed E-state index contributed by atoms with van der Waals surface area (Å²) in [7, 11) is 0. The molecule has 1 aliphatic rings. The lowest BCUT2D eigenvalue weighted by Gasteiger charge is -2.27. The number of hydrogen-bond acceptors (Lipinski definition) is 5. The number of carbonyl (C=O) groups is 4. The molecule has 0 bridgehead atoms. The number of nitrogens with two attached hydrogens (primary N) is 2. The minimum atomic E-state index is -1.24. The molecule has 0 unspecified atom stereocenters. The topological polar surface area (TPSA) is 156 Å². The maximum Gasteiger partial charge on any atom is 0.326 e. The summed E-state index contributed by atoms with van der Waals surface area (Å²) in [4.78, 5) is 48.9. The normalized spacial score (nSPS) is 18.6. The van der Waals surface area contributed by atoms with Gasteiger partial charge in [0.05, 0.1) is 12.5 Å². The fourth-order valence-corrected chi connectivity index (χ4v) is 3.13. The molecule has 3 atom stereocenters. The third-order valence-electron chi connectivity index (χ3n) is 4.48. The first-order valence-electron chi connectivity index (χ1n) is 8.71. The van der Waals surface area contributed by atoms with E-state index in [1.165, 1.54) is 4.90 Å². The molecule has 1 saturated heterocycles. The Morgan fingerprint density at radius 2 is 1.89 bits per heavy atom. The first-order chi connectivity index (χ1) is 12.8. The van der Waals surface area contributed by atoms with E-state index in [1.54, 1.807) is 0 Å². The van der Waals surface area contributed by atoms with Gasteiger partial charge in [0.2, 0.25) is 17.7 Å². The second-order valence-electron chi connectivity index (χ2n) is 6.56. The third-order valence-corrected chi connectivity index (χ3v) is 4.48. The number of aliphatic carboxylic acids is 1. The monoisotopic (exact) mass is 376 g/mol. The van der Waals surface area contributed by atoms with Crippen LogP contribution in [-0.2, 0) is 25.6 Å². The lowest BCUT2D eigenvalue weighted by molar-refractivity contribution is -0.149. The van der Waals surface area contributed by atoms with Crippen molar-refractivity contribution in [2.45, 2.75) is 43.8 Å². The summed E-state index contributed by atoms with van der Waals surface area (Å²) in [6, 6.07) is 5.98. The van der Waals surface area contributed by atoms with Gasteiger partial charge in [0.25, 0.3) is 0 Å². The van der Waals surface area contributed by atoms with Crippen LogP contribution < -0.4 is 16.8 Å². The van der Waals surface area contributed by atoms with Gasteiger partial charge >= 0.3 is 5.97 Å². The quantitative estimate of drug-likeness (QED) is 0.455.